The lowest BCUT2D eigenvalue weighted by Crippen LogP contribution is -2.39. The molecule has 2 N–H and O–H groups in total. The molecule has 0 spiro atoms. The van der Waals surface area contributed by atoms with Crippen LogP contribution in [0.25, 0.3) is 11.1 Å². The van der Waals surface area contributed by atoms with Gasteiger partial charge in [-0.25, -0.2) is 0 Å². The van der Waals surface area contributed by atoms with Gasteiger partial charge in [0, 0.05) is 17.4 Å². The molecule has 1 aromatic carbocycles. The first-order valence-electron chi connectivity index (χ1n) is 6.68. The molecule has 0 aliphatic rings. The molecule has 20 heavy (non-hydrogen) atoms. The van der Waals surface area contributed by atoms with E-state index < -0.39 is 0 Å². The normalized spacial score (nSPS) is 12.4. The number of nitrogens with one attached hydrogen (secondary N) is 2. The lowest BCUT2D eigenvalue weighted by molar-refractivity contribution is -0.120. The Morgan fingerprint density at radius 2 is 2.20 bits per heavy atom. The summed E-state index contributed by atoms with van der Waals surface area (Å²) in [5.74, 6) is 0.0156. The molecule has 106 valence electrons. The molecule has 1 heterocycles. The van der Waals surface area contributed by atoms with E-state index in [1.807, 2.05) is 56.4 Å². The number of rotatable bonds is 5. The lowest BCUT2D eigenvalue weighted by Gasteiger charge is -2.21. The van der Waals surface area contributed by atoms with Gasteiger partial charge < -0.3 is 5.32 Å². The van der Waals surface area contributed by atoms with Crippen molar-refractivity contribution >= 4 is 11.6 Å². The van der Waals surface area contributed by atoms with Crippen molar-refractivity contribution < 1.29 is 4.79 Å². The number of anilines is 1. The number of H-pyrrole nitrogens is 1. The van der Waals surface area contributed by atoms with Gasteiger partial charge in [0.15, 0.2) is 0 Å². The van der Waals surface area contributed by atoms with Crippen LogP contribution < -0.4 is 5.32 Å². The highest BCUT2D eigenvalue weighted by Crippen LogP contribution is 2.21. The van der Waals surface area contributed by atoms with Crippen LogP contribution in [0.4, 0.5) is 5.69 Å². The number of aromatic nitrogens is 2. The standard InChI is InChI=1S/C15H20N4O/c1-4-14(19(2)3)15(20)18-13-7-5-6-11(8-13)12-9-16-17-10-12/h5-10,14H,4H2,1-3H3,(H,16,17)(H,18,20)/t14-/m1/s1. The molecule has 1 amide bonds. The highest BCUT2D eigenvalue weighted by Gasteiger charge is 2.18. The molecule has 0 bridgehead atoms. The minimum Gasteiger partial charge on any atom is -0.325 e. The summed E-state index contributed by atoms with van der Waals surface area (Å²) in [5, 5.41) is 9.69. The van der Waals surface area contributed by atoms with E-state index in [0.29, 0.717) is 0 Å². The van der Waals surface area contributed by atoms with Crippen LogP contribution >= 0.6 is 0 Å². The highest BCUT2D eigenvalue weighted by molar-refractivity contribution is 5.95. The molecule has 0 saturated carbocycles. The molecule has 1 aromatic heterocycles. The van der Waals surface area contributed by atoms with Crippen LogP contribution in [-0.2, 0) is 4.79 Å². The van der Waals surface area contributed by atoms with Gasteiger partial charge in [-0.15, -0.1) is 0 Å². The number of benzene rings is 1. The average Bonchev–Trinajstić information content (AvgIpc) is 2.93. The average molecular weight is 272 g/mol. The quantitative estimate of drug-likeness (QED) is 0.878. The predicted molar refractivity (Wildman–Crippen MR) is 80.4 cm³/mol. The Kier molecular flexibility index (Phi) is 4.53. The van der Waals surface area contributed by atoms with Crippen LogP contribution in [0.2, 0.25) is 0 Å². The van der Waals surface area contributed by atoms with Crippen LogP contribution in [0.1, 0.15) is 13.3 Å². The fraction of sp³-hybridized carbons (Fsp3) is 0.333. The van der Waals surface area contributed by atoms with E-state index >= 15 is 0 Å². The maximum Gasteiger partial charge on any atom is 0.241 e. The van der Waals surface area contributed by atoms with Crippen molar-refractivity contribution in [2.24, 2.45) is 0 Å². The molecular formula is C15H20N4O. The third-order valence-electron chi connectivity index (χ3n) is 3.27. The second kappa shape index (κ2) is 6.34. The summed E-state index contributed by atoms with van der Waals surface area (Å²) in [6.07, 6.45) is 4.37. The number of carbonyl (C=O) groups is 1. The maximum absolute atomic E-state index is 12.2. The van der Waals surface area contributed by atoms with Gasteiger partial charge in [0.1, 0.15) is 0 Å². The molecule has 2 rings (SSSR count). The molecule has 0 saturated heterocycles. The fourth-order valence-corrected chi connectivity index (χ4v) is 2.20. The van der Waals surface area contributed by atoms with E-state index in [9.17, 15) is 4.79 Å². The number of aromatic amines is 1. The van der Waals surface area contributed by atoms with Crippen molar-refractivity contribution in [2.45, 2.75) is 19.4 Å². The Bertz CT molecular complexity index is 563. The molecule has 5 nitrogen and oxygen atoms in total. The van der Waals surface area contributed by atoms with Crippen LogP contribution in [0, 0.1) is 0 Å². The highest BCUT2D eigenvalue weighted by atomic mass is 16.2. The zero-order chi connectivity index (χ0) is 14.5. The molecule has 0 aliphatic carbocycles. The van der Waals surface area contributed by atoms with Crippen molar-refractivity contribution in [2.75, 3.05) is 19.4 Å². The Hall–Kier alpha value is -2.14. The molecule has 1 atom stereocenters. The van der Waals surface area contributed by atoms with Crippen LogP contribution in [0.3, 0.4) is 0 Å². The first kappa shape index (κ1) is 14.3. The van der Waals surface area contributed by atoms with Crippen molar-refractivity contribution in [1.82, 2.24) is 15.1 Å². The van der Waals surface area contributed by atoms with E-state index in [1.165, 1.54) is 0 Å². The summed E-state index contributed by atoms with van der Waals surface area (Å²) in [7, 11) is 3.82. The second-order valence-corrected chi connectivity index (χ2v) is 4.94. The molecule has 0 radical (unpaired) electrons. The third kappa shape index (κ3) is 3.24. The SMILES string of the molecule is CC[C@H](C(=O)Nc1cccc(-c2cn[nH]c2)c1)N(C)C. The number of likely N-dealkylation sites (N-methyl/N-ethyl adjacent to an activating group) is 1. The first-order valence-corrected chi connectivity index (χ1v) is 6.68. The summed E-state index contributed by atoms with van der Waals surface area (Å²) < 4.78 is 0. The molecule has 0 aliphatic heterocycles. The molecule has 2 aromatic rings. The second-order valence-electron chi connectivity index (χ2n) is 4.94. The summed E-state index contributed by atoms with van der Waals surface area (Å²) in [6, 6.07) is 7.64. The topological polar surface area (TPSA) is 61.0 Å². The van der Waals surface area contributed by atoms with Crippen molar-refractivity contribution in [3.63, 3.8) is 0 Å². The summed E-state index contributed by atoms with van der Waals surface area (Å²) in [5.41, 5.74) is 2.82. The number of nitrogens with zero attached hydrogens (tertiary/aromatic N) is 2. The molecule has 0 fully saturated rings. The van der Waals surface area contributed by atoms with Gasteiger partial charge in [-0.3, -0.25) is 14.8 Å². The van der Waals surface area contributed by atoms with Gasteiger partial charge >= 0.3 is 0 Å². The summed E-state index contributed by atoms with van der Waals surface area (Å²) in [6.45, 7) is 2.01. The smallest absolute Gasteiger partial charge is 0.241 e. The van der Waals surface area contributed by atoms with Gasteiger partial charge in [-0.1, -0.05) is 19.1 Å². The van der Waals surface area contributed by atoms with Crippen LogP contribution in [-0.4, -0.2) is 41.1 Å². The lowest BCUT2D eigenvalue weighted by atomic mass is 10.1. The van der Waals surface area contributed by atoms with E-state index in [-0.39, 0.29) is 11.9 Å². The predicted octanol–water partition coefficient (Wildman–Crippen LogP) is 2.36. The number of carbonyl (C=O) groups excluding carboxylic acids is 1. The van der Waals surface area contributed by atoms with Crippen LogP contribution in [0.5, 0.6) is 0 Å². The van der Waals surface area contributed by atoms with E-state index in [0.717, 1.165) is 23.2 Å². The van der Waals surface area contributed by atoms with E-state index in [1.54, 1.807) is 6.20 Å². The number of hydrogen-bond donors (Lipinski definition) is 2. The summed E-state index contributed by atoms with van der Waals surface area (Å²) in [4.78, 5) is 14.1. The van der Waals surface area contributed by atoms with Gasteiger partial charge in [0.05, 0.1) is 12.2 Å². The van der Waals surface area contributed by atoms with Gasteiger partial charge in [-0.2, -0.15) is 5.10 Å². The molecule has 5 heteroatoms. The Morgan fingerprint density at radius 1 is 1.40 bits per heavy atom. The maximum atomic E-state index is 12.2. The fourth-order valence-electron chi connectivity index (χ4n) is 2.20. The number of amides is 1. The van der Waals surface area contributed by atoms with Crippen molar-refractivity contribution in [3.05, 3.63) is 36.7 Å². The zero-order valence-electron chi connectivity index (χ0n) is 12.1. The van der Waals surface area contributed by atoms with Crippen LogP contribution in [0.15, 0.2) is 36.7 Å². The summed E-state index contributed by atoms with van der Waals surface area (Å²) >= 11 is 0. The largest absolute Gasteiger partial charge is 0.325 e. The Labute approximate surface area is 119 Å². The minimum atomic E-state index is -0.118. The minimum absolute atomic E-state index is 0.0156. The van der Waals surface area contributed by atoms with Crippen molar-refractivity contribution in [1.29, 1.82) is 0 Å². The zero-order valence-corrected chi connectivity index (χ0v) is 12.1. The van der Waals surface area contributed by atoms with Gasteiger partial charge in [-0.05, 0) is 38.2 Å². The van der Waals surface area contributed by atoms with Crippen molar-refractivity contribution in [3.8, 4) is 11.1 Å². The first-order chi connectivity index (χ1) is 9.61. The Balaban J connectivity index is 2.14. The molecular weight excluding hydrogens is 252 g/mol. The van der Waals surface area contributed by atoms with Gasteiger partial charge in [0.2, 0.25) is 5.91 Å². The molecule has 0 unspecified atom stereocenters. The van der Waals surface area contributed by atoms with E-state index in [2.05, 4.69) is 15.5 Å². The van der Waals surface area contributed by atoms with E-state index in [4.69, 9.17) is 0 Å². The Morgan fingerprint density at radius 3 is 2.80 bits per heavy atom. The van der Waals surface area contributed by atoms with Gasteiger partial charge in [0.25, 0.3) is 0 Å². The number of hydrogen-bond acceptors (Lipinski definition) is 3. The monoisotopic (exact) mass is 272 g/mol. The third-order valence-corrected chi connectivity index (χ3v) is 3.27.